The molecule has 2 N–H and O–H groups in total. The minimum absolute atomic E-state index is 0.00636. The molecule has 62 heavy (non-hydrogen) atoms. The highest BCUT2D eigenvalue weighted by Crippen LogP contribution is 2.54. The van der Waals surface area contributed by atoms with E-state index in [9.17, 15) is 23.2 Å². The Morgan fingerprint density at radius 1 is 1.03 bits per heavy atom. The summed E-state index contributed by atoms with van der Waals surface area (Å²) in [6.45, 7) is 4.68. The van der Waals surface area contributed by atoms with E-state index in [1.54, 1.807) is 17.1 Å². The third kappa shape index (κ3) is 7.14. The van der Waals surface area contributed by atoms with Gasteiger partial charge in [-0.3, -0.25) is 29.1 Å². The molecule has 11 rings (SSSR count). The van der Waals surface area contributed by atoms with Gasteiger partial charge in [0.2, 0.25) is 11.8 Å². The summed E-state index contributed by atoms with van der Waals surface area (Å²) in [5.41, 5.74) is 3.74. The molecule has 2 aliphatic carbocycles. The second-order valence-electron chi connectivity index (χ2n) is 19.1. The Hall–Kier alpha value is -5.29. The molecule has 3 amide bonds. The topological polar surface area (TPSA) is 157 Å². The molecule has 1 spiro atoms. The maximum Gasteiger partial charge on any atom is 0.284 e. The van der Waals surface area contributed by atoms with Crippen LogP contribution in [-0.4, -0.2) is 102 Å². The van der Waals surface area contributed by atoms with E-state index in [4.69, 9.17) is 14.8 Å². The van der Waals surface area contributed by atoms with Crippen LogP contribution in [0, 0.1) is 17.3 Å². The zero-order valence-electron chi connectivity index (χ0n) is 35.0. The maximum absolute atomic E-state index is 14.3. The van der Waals surface area contributed by atoms with Gasteiger partial charge in [-0.05, 0) is 113 Å². The smallest absolute Gasteiger partial charge is 0.284 e. The number of carbonyl (C=O) groups is 3. The predicted molar refractivity (Wildman–Crippen MR) is 225 cm³/mol. The number of likely N-dealkylation sites (tertiary alicyclic amines) is 1. The number of para-hydroxylation sites is 1. The highest BCUT2D eigenvalue weighted by atomic mass is 19.3. The Balaban J connectivity index is 0.666. The van der Waals surface area contributed by atoms with Crippen molar-refractivity contribution in [3.63, 3.8) is 0 Å². The fourth-order valence-electron chi connectivity index (χ4n) is 11.9. The zero-order chi connectivity index (χ0) is 42.3. The zero-order valence-corrected chi connectivity index (χ0v) is 35.0. The number of benzene rings is 1. The number of aryl methyl sites for hydroxylation is 1. The molecule has 8 heterocycles. The number of ether oxygens (including phenoxy) is 1. The molecule has 4 aliphatic heterocycles. The van der Waals surface area contributed by atoms with Gasteiger partial charge in [-0.1, -0.05) is 18.2 Å². The van der Waals surface area contributed by atoms with Crippen LogP contribution in [0.1, 0.15) is 116 Å². The average molecular weight is 850 g/mol. The number of alkyl halides is 2. The molecule has 5 aromatic rings. The minimum Gasteiger partial charge on any atom is -0.374 e. The molecule has 2 saturated carbocycles. The molecule has 1 aromatic carbocycles. The Morgan fingerprint density at radius 3 is 2.60 bits per heavy atom. The number of fused-ring (bicyclic) bond motifs is 4. The number of aromatic nitrogens is 7. The molecule has 1 unspecified atom stereocenters. The van der Waals surface area contributed by atoms with Gasteiger partial charge >= 0.3 is 0 Å². The second-order valence-corrected chi connectivity index (χ2v) is 19.1. The number of rotatable bonds is 10. The summed E-state index contributed by atoms with van der Waals surface area (Å²) < 4.78 is 39.5. The van der Waals surface area contributed by atoms with Crippen molar-refractivity contribution in [2.24, 2.45) is 24.3 Å². The van der Waals surface area contributed by atoms with E-state index < -0.39 is 23.9 Å². The molecule has 326 valence electrons. The van der Waals surface area contributed by atoms with Crippen LogP contribution in [0.25, 0.3) is 16.6 Å². The first-order chi connectivity index (χ1) is 30.1. The number of imide groups is 1. The number of amides is 3. The van der Waals surface area contributed by atoms with E-state index in [1.807, 2.05) is 17.8 Å². The van der Waals surface area contributed by atoms with Crippen LogP contribution in [0.4, 0.5) is 20.3 Å². The third-order valence-electron chi connectivity index (χ3n) is 15.1. The van der Waals surface area contributed by atoms with Crippen molar-refractivity contribution in [3.05, 3.63) is 65.4 Å². The van der Waals surface area contributed by atoms with Crippen LogP contribution in [-0.2, 0) is 27.8 Å². The lowest BCUT2D eigenvalue weighted by molar-refractivity contribution is -0.134. The maximum atomic E-state index is 14.3. The predicted octanol–water partition coefficient (Wildman–Crippen LogP) is 5.97. The number of nitrogens with one attached hydrogen (secondary N) is 2. The molecule has 3 atom stereocenters. The van der Waals surface area contributed by atoms with E-state index in [-0.39, 0.29) is 41.3 Å². The Bertz CT molecular complexity index is 2540. The van der Waals surface area contributed by atoms with Gasteiger partial charge in [-0.2, -0.15) is 15.3 Å². The summed E-state index contributed by atoms with van der Waals surface area (Å²) in [6, 6.07) is 8.46. The third-order valence-corrected chi connectivity index (χ3v) is 15.1. The van der Waals surface area contributed by atoms with E-state index in [0.29, 0.717) is 42.3 Å². The summed E-state index contributed by atoms with van der Waals surface area (Å²) in [5.74, 6) is 0.507. The Labute approximate surface area is 357 Å². The lowest BCUT2D eigenvalue weighted by Gasteiger charge is -2.53. The number of nitrogens with zero attached hydrogens (tertiary/aromatic N) is 9. The van der Waals surface area contributed by atoms with Gasteiger partial charge in [0, 0.05) is 44.3 Å². The Morgan fingerprint density at radius 2 is 1.85 bits per heavy atom. The van der Waals surface area contributed by atoms with Crippen molar-refractivity contribution < 1.29 is 27.9 Å². The summed E-state index contributed by atoms with van der Waals surface area (Å²) >= 11 is 0. The summed E-state index contributed by atoms with van der Waals surface area (Å²) in [4.78, 5) is 47.6. The van der Waals surface area contributed by atoms with Crippen LogP contribution >= 0.6 is 0 Å². The molecular weight excluding hydrogens is 797 g/mol. The van der Waals surface area contributed by atoms with Crippen LogP contribution < -0.4 is 15.5 Å². The SMILES string of the molecule is Cn1nc(C2CCC(=O)NC2=O)c2cccc(CC3CC4(CCN(CC5CCC(n6cc(NC(=O)c7cnn8ccc(N9C[C@H]%10C[C@@H]9CO%10)nc78)c(C(F)F)n6)CC5)CC4)C3)c21. The van der Waals surface area contributed by atoms with Crippen molar-refractivity contribution in [1.29, 1.82) is 0 Å². The molecule has 6 aliphatic rings. The van der Waals surface area contributed by atoms with E-state index in [1.165, 1.54) is 42.0 Å². The number of hydrogen-bond acceptors (Lipinski definition) is 10. The monoisotopic (exact) mass is 849 g/mol. The number of piperidine rings is 2. The van der Waals surface area contributed by atoms with E-state index >= 15 is 0 Å². The number of halogens is 2. The van der Waals surface area contributed by atoms with Crippen LogP contribution in [0.3, 0.4) is 0 Å². The molecule has 4 aromatic heterocycles. The second kappa shape index (κ2) is 15.5. The number of carbonyl (C=O) groups excluding carboxylic acids is 3. The number of anilines is 2. The fourth-order valence-corrected chi connectivity index (χ4v) is 11.9. The van der Waals surface area contributed by atoms with Gasteiger partial charge in [0.25, 0.3) is 12.3 Å². The van der Waals surface area contributed by atoms with E-state index in [2.05, 4.69) is 48.8 Å². The molecule has 2 bridgehead atoms. The molecular formula is C45H53F2N11O4. The van der Waals surface area contributed by atoms with Crippen LogP contribution in [0.5, 0.6) is 0 Å². The first kappa shape index (κ1) is 39.5. The van der Waals surface area contributed by atoms with E-state index in [0.717, 1.165) is 87.1 Å². The van der Waals surface area contributed by atoms with Gasteiger partial charge < -0.3 is 19.9 Å². The van der Waals surface area contributed by atoms with Gasteiger partial charge in [0.1, 0.15) is 11.4 Å². The van der Waals surface area contributed by atoms with Crippen molar-refractivity contribution in [3.8, 4) is 0 Å². The lowest BCUT2D eigenvalue weighted by atomic mass is 9.56. The Kier molecular flexibility index (Phi) is 9.89. The normalized spacial score (nSPS) is 26.6. The highest BCUT2D eigenvalue weighted by Gasteiger charge is 2.46. The number of morpholine rings is 1. The largest absolute Gasteiger partial charge is 0.374 e. The standard InChI is InChI=1S/C45H53F2N11O4/c1-54-40-28(3-2-4-32(40)38(52-54)33-9-10-37(59)51-43(33)60)17-27-19-45(20-27)12-15-55(16-13-45)22-26-5-7-29(8-6-26)58-24-35(39(53-58)41(46)47)49-44(61)34-21-48-57-14-11-36(50-42(34)57)56-23-31-18-30(56)25-62-31/h2-4,11,14,21,24,26-27,29-31,33,41H,5-10,12-13,15-20,22-23,25H2,1H3,(H,49,61)(H,51,59,60)/t26?,29?,30-,31-,33?/m1/s1. The van der Waals surface area contributed by atoms with Crippen molar-refractivity contribution in [2.75, 3.05) is 43.0 Å². The first-order valence-corrected chi connectivity index (χ1v) is 22.5. The van der Waals surface area contributed by atoms with Crippen LogP contribution in [0.15, 0.2) is 42.9 Å². The van der Waals surface area contributed by atoms with Gasteiger partial charge in [-0.25, -0.2) is 18.3 Å². The van der Waals surface area contributed by atoms with Crippen LogP contribution in [0.2, 0.25) is 0 Å². The van der Waals surface area contributed by atoms with Gasteiger partial charge in [0.15, 0.2) is 11.3 Å². The fraction of sp³-hybridized carbons (Fsp3) is 0.578. The summed E-state index contributed by atoms with van der Waals surface area (Å²) in [6.07, 6.45) is 13.5. The van der Waals surface area contributed by atoms with Crippen molar-refractivity contribution in [2.45, 2.75) is 108 Å². The molecule has 17 heteroatoms. The molecule has 4 saturated heterocycles. The molecule has 15 nitrogen and oxygen atoms in total. The van der Waals surface area contributed by atoms with Gasteiger partial charge in [0.05, 0.1) is 53.8 Å². The quantitative estimate of drug-likeness (QED) is 0.161. The number of hydrogen-bond donors (Lipinski definition) is 2. The highest BCUT2D eigenvalue weighted by molar-refractivity contribution is 6.08. The lowest BCUT2D eigenvalue weighted by Crippen LogP contribution is -2.48. The molecule has 6 fully saturated rings. The van der Waals surface area contributed by atoms with Gasteiger partial charge in [-0.15, -0.1) is 0 Å². The van der Waals surface area contributed by atoms with Crippen molar-refractivity contribution in [1.82, 2.24) is 44.4 Å². The van der Waals surface area contributed by atoms with Crippen molar-refractivity contribution >= 4 is 45.8 Å². The summed E-state index contributed by atoms with van der Waals surface area (Å²) in [7, 11) is 1.95. The first-order valence-electron chi connectivity index (χ1n) is 22.5. The molecule has 0 radical (unpaired) electrons. The summed E-state index contributed by atoms with van der Waals surface area (Å²) in [5, 5.41) is 19.6. The minimum atomic E-state index is -2.84. The average Bonchev–Trinajstić information content (AvgIpc) is 4.11.